The third kappa shape index (κ3) is 4.04. The van der Waals surface area contributed by atoms with Crippen LogP contribution in [-0.2, 0) is 9.53 Å². The van der Waals surface area contributed by atoms with E-state index in [1.54, 1.807) is 31.2 Å². The first-order valence-corrected chi connectivity index (χ1v) is 8.62. The lowest BCUT2D eigenvalue weighted by Gasteiger charge is -2.23. The van der Waals surface area contributed by atoms with E-state index < -0.39 is 18.2 Å². The van der Waals surface area contributed by atoms with Gasteiger partial charge in [-0.1, -0.05) is 18.2 Å². The van der Waals surface area contributed by atoms with Crippen LogP contribution >= 0.6 is 0 Å². The van der Waals surface area contributed by atoms with Gasteiger partial charge in [-0.2, -0.15) is 5.26 Å². The van der Waals surface area contributed by atoms with Crippen molar-refractivity contribution < 1.29 is 19.0 Å². The molecule has 0 saturated carbocycles. The summed E-state index contributed by atoms with van der Waals surface area (Å²) in [6, 6.07) is 8.10. The number of nitriles is 1. The molecule has 2 atom stereocenters. The molecular weight excluding hydrogens is 347 g/mol. The summed E-state index contributed by atoms with van der Waals surface area (Å²) in [5, 5.41) is 19.4. The van der Waals surface area contributed by atoms with Crippen LogP contribution in [0.4, 0.5) is 4.39 Å². The van der Waals surface area contributed by atoms with Crippen LogP contribution in [0.3, 0.4) is 0 Å². The first kappa shape index (κ1) is 18.7. The molecule has 0 spiro atoms. The highest BCUT2D eigenvalue weighted by atomic mass is 19.1. The second-order valence-electron chi connectivity index (χ2n) is 6.55. The quantitative estimate of drug-likeness (QED) is 0.841. The minimum atomic E-state index is -0.732. The molecular formula is C21H19FN2O3. The van der Waals surface area contributed by atoms with Crippen molar-refractivity contribution in [3.63, 3.8) is 0 Å². The highest BCUT2D eigenvalue weighted by Gasteiger charge is 2.25. The Hall–Kier alpha value is -3.04. The number of carbonyl (C=O) groups excluding carboxylic acids is 1. The monoisotopic (exact) mass is 366 g/mol. The molecule has 5 nitrogen and oxygen atoms in total. The van der Waals surface area contributed by atoms with Crippen molar-refractivity contribution in [2.24, 2.45) is 0 Å². The van der Waals surface area contributed by atoms with Gasteiger partial charge >= 0.3 is 5.97 Å². The lowest BCUT2D eigenvalue weighted by Crippen LogP contribution is -2.31. The maximum absolute atomic E-state index is 13.3. The third-order valence-corrected chi connectivity index (χ3v) is 4.52. The second-order valence-corrected chi connectivity index (χ2v) is 6.55. The molecule has 0 bridgehead atoms. The normalized spacial score (nSPS) is 19.7. The van der Waals surface area contributed by atoms with Crippen molar-refractivity contribution in [1.29, 1.82) is 5.26 Å². The predicted octanol–water partition coefficient (Wildman–Crippen LogP) is 3.46. The molecule has 2 aromatic rings. The maximum Gasteiger partial charge on any atom is 0.309 e. The Morgan fingerprint density at radius 1 is 1.30 bits per heavy atom. The van der Waals surface area contributed by atoms with Crippen LogP contribution in [0.1, 0.15) is 35.4 Å². The Bertz CT molecular complexity index is 945. The molecule has 1 saturated heterocycles. The van der Waals surface area contributed by atoms with Gasteiger partial charge in [-0.25, -0.2) is 4.39 Å². The van der Waals surface area contributed by atoms with Crippen LogP contribution in [0.25, 0.3) is 17.2 Å². The number of aliphatic hydroxyl groups excluding tert-OH is 1. The Morgan fingerprint density at radius 3 is 2.63 bits per heavy atom. The predicted molar refractivity (Wildman–Crippen MR) is 98.0 cm³/mol. The van der Waals surface area contributed by atoms with E-state index in [1.165, 1.54) is 12.1 Å². The van der Waals surface area contributed by atoms with Gasteiger partial charge in [0.2, 0.25) is 0 Å². The Morgan fingerprint density at radius 2 is 2.00 bits per heavy atom. The highest BCUT2D eigenvalue weighted by molar-refractivity contribution is 5.82. The average molecular weight is 366 g/mol. The molecule has 1 aliphatic heterocycles. The van der Waals surface area contributed by atoms with Gasteiger partial charge in [0.1, 0.15) is 18.0 Å². The van der Waals surface area contributed by atoms with Gasteiger partial charge in [-0.3, -0.25) is 9.78 Å². The van der Waals surface area contributed by atoms with Gasteiger partial charge in [0.25, 0.3) is 0 Å². The summed E-state index contributed by atoms with van der Waals surface area (Å²) in [6.07, 6.45) is 2.47. The summed E-state index contributed by atoms with van der Waals surface area (Å²) >= 11 is 0. The number of carbonyl (C=O) groups is 1. The summed E-state index contributed by atoms with van der Waals surface area (Å²) < 4.78 is 18.6. The van der Waals surface area contributed by atoms with E-state index in [2.05, 4.69) is 11.1 Å². The first-order valence-electron chi connectivity index (χ1n) is 8.62. The van der Waals surface area contributed by atoms with Gasteiger partial charge in [0, 0.05) is 23.2 Å². The zero-order valence-corrected chi connectivity index (χ0v) is 15.1. The summed E-state index contributed by atoms with van der Waals surface area (Å²) in [4.78, 5) is 16.0. The number of hydrogen-bond acceptors (Lipinski definition) is 5. The number of cyclic esters (lactones) is 1. The number of rotatable bonds is 3. The number of halogens is 1. The van der Waals surface area contributed by atoms with Crippen molar-refractivity contribution in [2.75, 3.05) is 0 Å². The Kier molecular flexibility index (Phi) is 5.33. The number of hydrogen-bond donors (Lipinski definition) is 1. The van der Waals surface area contributed by atoms with E-state index in [1.807, 2.05) is 6.92 Å². The summed E-state index contributed by atoms with van der Waals surface area (Å²) in [5.74, 6) is -0.807. The lowest BCUT2D eigenvalue weighted by atomic mass is 9.92. The highest BCUT2D eigenvalue weighted by Crippen LogP contribution is 2.32. The average Bonchev–Trinajstić information content (AvgIpc) is 2.60. The number of ether oxygens (including phenoxy) is 1. The van der Waals surface area contributed by atoms with Crippen molar-refractivity contribution >= 4 is 12.0 Å². The minimum Gasteiger partial charge on any atom is -0.458 e. The van der Waals surface area contributed by atoms with Crippen LogP contribution in [-0.4, -0.2) is 28.3 Å². The standard InChI is InChI=1S/C21H19FN2O3/c1-12-18(8-7-17-9-16(25)10-20(26)27-17)21(19(11-23)13(2)24-12)14-3-5-15(22)6-4-14/h3-8,16-17,25H,9-10H2,1-2H3/b8-7+/t16-,17-/m0/s1. The third-order valence-electron chi connectivity index (χ3n) is 4.52. The summed E-state index contributed by atoms with van der Waals surface area (Å²) in [5.41, 5.74) is 3.74. The number of pyridine rings is 1. The van der Waals surface area contributed by atoms with Gasteiger partial charge in [0.05, 0.1) is 23.8 Å². The lowest BCUT2D eigenvalue weighted by molar-refractivity contribution is -0.156. The fraction of sp³-hybridized carbons (Fsp3) is 0.286. The van der Waals surface area contributed by atoms with Crippen LogP contribution in [0, 0.1) is 31.0 Å². The van der Waals surface area contributed by atoms with Crippen molar-refractivity contribution in [3.8, 4) is 17.2 Å². The SMILES string of the molecule is Cc1nc(C)c(/C=C/[C@H]2C[C@H](O)CC(=O)O2)c(-c2ccc(F)cc2)c1C#N. The van der Waals surface area contributed by atoms with Crippen LogP contribution in [0.15, 0.2) is 30.3 Å². The molecule has 1 aromatic carbocycles. The molecule has 1 N–H and O–H groups in total. The van der Waals surface area contributed by atoms with Crippen LogP contribution in [0.2, 0.25) is 0 Å². The largest absolute Gasteiger partial charge is 0.458 e. The van der Waals surface area contributed by atoms with Crippen LogP contribution in [0.5, 0.6) is 0 Å². The molecule has 0 radical (unpaired) electrons. The molecule has 0 aliphatic carbocycles. The fourth-order valence-electron chi connectivity index (χ4n) is 3.25. The molecule has 0 unspecified atom stereocenters. The maximum atomic E-state index is 13.3. The van der Waals surface area contributed by atoms with E-state index in [0.717, 1.165) is 0 Å². The zero-order valence-electron chi connectivity index (χ0n) is 15.1. The van der Waals surface area contributed by atoms with Crippen molar-refractivity contribution in [2.45, 2.75) is 38.9 Å². The van der Waals surface area contributed by atoms with Gasteiger partial charge in [-0.15, -0.1) is 0 Å². The number of benzene rings is 1. The van der Waals surface area contributed by atoms with Crippen molar-refractivity contribution in [3.05, 3.63) is 58.7 Å². The number of aromatic nitrogens is 1. The summed E-state index contributed by atoms with van der Waals surface area (Å²) in [7, 11) is 0. The smallest absolute Gasteiger partial charge is 0.309 e. The fourth-order valence-corrected chi connectivity index (χ4v) is 3.25. The second kappa shape index (κ2) is 7.68. The topological polar surface area (TPSA) is 83.2 Å². The first-order chi connectivity index (χ1) is 12.9. The van der Waals surface area contributed by atoms with Gasteiger partial charge in [0.15, 0.2) is 0 Å². The van der Waals surface area contributed by atoms with Gasteiger partial charge < -0.3 is 9.84 Å². The van der Waals surface area contributed by atoms with E-state index in [0.29, 0.717) is 40.1 Å². The molecule has 1 aliphatic rings. The minimum absolute atomic E-state index is 0.00509. The van der Waals surface area contributed by atoms with E-state index in [-0.39, 0.29) is 12.2 Å². The molecule has 0 amide bonds. The van der Waals surface area contributed by atoms with Gasteiger partial charge in [-0.05, 0) is 37.6 Å². The summed E-state index contributed by atoms with van der Waals surface area (Å²) in [6.45, 7) is 3.58. The number of nitrogens with zero attached hydrogens (tertiary/aromatic N) is 2. The molecule has 27 heavy (non-hydrogen) atoms. The molecule has 3 rings (SSSR count). The molecule has 1 fully saturated rings. The molecule has 2 heterocycles. The number of aryl methyl sites for hydroxylation is 2. The Balaban J connectivity index is 2.09. The van der Waals surface area contributed by atoms with E-state index in [4.69, 9.17) is 4.74 Å². The number of aliphatic hydroxyl groups is 1. The molecule has 6 heteroatoms. The number of esters is 1. The van der Waals surface area contributed by atoms with Crippen molar-refractivity contribution in [1.82, 2.24) is 4.98 Å². The zero-order chi connectivity index (χ0) is 19.6. The van der Waals surface area contributed by atoms with E-state index >= 15 is 0 Å². The molecule has 1 aromatic heterocycles. The molecule has 138 valence electrons. The van der Waals surface area contributed by atoms with E-state index in [9.17, 15) is 19.6 Å². The Labute approximate surface area is 156 Å². The van der Waals surface area contributed by atoms with Crippen LogP contribution < -0.4 is 0 Å².